The molecule has 1 aromatic rings. The Balaban J connectivity index is 3.09. The average Bonchev–Trinajstić information content (AvgIpc) is 2.01. The molecule has 0 aliphatic carbocycles. The smallest absolute Gasteiger partial charge is 0.272 e. The zero-order chi connectivity index (χ0) is 10.7. The van der Waals surface area contributed by atoms with Crippen molar-refractivity contribution in [3.8, 4) is 0 Å². The largest absolute Gasteiger partial charge is 0.393 e. The molecular formula is C10H13NO3. The first-order valence-electron chi connectivity index (χ1n) is 4.42. The number of hydrogen-bond donors (Lipinski definition) is 1. The van der Waals surface area contributed by atoms with Gasteiger partial charge in [-0.3, -0.25) is 10.1 Å². The fourth-order valence-corrected chi connectivity index (χ4v) is 1.37. The van der Waals surface area contributed by atoms with Crippen molar-refractivity contribution in [2.75, 3.05) is 0 Å². The molecule has 1 rings (SSSR count). The molecule has 1 N–H and O–H groups in total. The number of aliphatic hydroxyl groups excluding tert-OH is 1. The van der Waals surface area contributed by atoms with E-state index in [1.807, 2.05) is 6.92 Å². The van der Waals surface area contributed by atoms with Gasteiger partial charge in [0.1, 0.15) is 0 Å². The minimum absolute atomic E-state index is 0.0801. The minimum atomic E-state index is -0.560. The standard InChI is InChI=1S/C10H13NO3/c1-7-3-4-10(11(13)14)9(5-7)6-8(2)12/h3-5,8,12H,6H2,1-2H3. The summed E-state index contributed by atoms with van der Waals surface area (Å²) in [5, 5.41) is 19.8. The van der Waals surface area contributed by atoms with Gasteiger partial charge in [0.15, 0.2) is 0 Å². The highest BCUT2D eigenvalue weighted by Gasteiger charge is 2.14. The van der Waals surface area contributed by atoms with E-state index < -0.39 is 11.0 Å². The van der Waals surface area contributed by atoms with Crippen LogP contribution in [0.1, 0.15) is 18.1 Å². The summed E-state index contributed by atoms with van der Waals surface area (Å²) in [5.41, 5.74) is 1.63. The maximum Gasteiger partial charge on any atom is 0.272 e. The first-order chi connectivity index (χ1) is 6.50. The van der Waals surface area contributed by atoms with E-state index in [1.165, 1.54) is 6.07 Å². The van der Waals surface area contributed by atoms with Gasteiger partial charge in [-0.15, -0.1) is 0 Å². The van der Waals surface area contributed by atoms with Gasteiger partial charge in [-0.1, -0.05) is 11.6 Å². The van der Waals surface area contributed by atoms with Crippen LogP contribution in [-0.2, 0) is 6.42 Å². The van der Waals surface area contributed by atoms with Crippen LogP contribution in [0.25, 0.3) is 0 Å². The number of nitrogens with zero attached hydrogens (tertiary/aromatic N) is 1. The molecular weight excluding hydrogens is 182 g/mol. The molecule has 1 aromatic carbocycles. The summed E-state index contributed by atoms with van der Waals surface area (Å²) >= 11 is 0. The zero-order valence-electron chi connectivity index (χ0n) is 8.23. The zero-order valence-corrected chi connectivity index (χ0v) is 8.23. The van der Waals surface area contributed by atoms with Crippen molar-refractivity contribution in [3.63, 3.8) is 0 Å². The summed E-state index contributed by atoms with van der Waals surface area (Å²) in [5.74, 6) is 0. The Kier molecular flexibility index (Phi) is 3.19. The van der Waals surface area contributed by atoms with E-state index in [4.69, 9.17) is 0 Å². The third kappa shape index (κ3) is 2.53. The fraction of sp³-hybridized carbons (Fsp3) is 0.400. The summed E-state index contributed by atoms with van der Waals surface area (Å²) in [6.07, 6.45) is -0.242. The first kappa shape index (κ1) is 10.7. The van der Waals surface area contributed by atoms with Crippen LogP contribution >= 0.6 is 0 Å². The third-order valence-corrected chi connectivity index (χ3v) is 1.95. The van der Waals surface area contributed by atoms with E-state index >= 15 is 0 Å². The quantitative estimate of drug-likeness (QED) is 0.591. The van der Waals surface area contributed by atoms with Gasteiger partial charge in [0.05, 0.1) is 11.0 Å². The van der Waals surface area contributed by atoms with Gasteiger partial charge in [-0.2, -0.15) is 0 Å². The third-order valence-electron chi connectivity index (χ3n) is 1.95. The summed E-state index contributed by atoms with van der Waals surface area (Å²) in [7, 11) is 0. The molecule has 0 spiro atoms. The molecule has 1 atom stereocenters. The van der Waals surface area contributed by atoms with E-state index in [0.717, 1.165) is 5.56 Å². The van der Waals surface area contributed by atoms with E-state index in [2.05, 4.69) is 0 Å². The van der Waals surface area contributed by atoms with Gasteiger partial charge >= 0.3 is 0 Å². The molecule has 0 fully saturated rings. The lowest BCUT2D eigenvalue weighted by molar-refractivity contribution is -0.385. The lowest BCUT2D eigenvalue weighted by Crippen LogP contribution is -2.06. The normalized spacial score (nSPS) is 12.5. The van der Waals surface area contributed by atoms with Gasteiger partial charge in [-0.05, 0) is 19.9 Å². The number of nitro benzene ring substituents is 1. The molecule has 4 nitrogen and oxygen atoms in total. The van der Waals surface area contributed by atoms with Crippen molar-refractivity contribution >= 4 is 5.69 Å². The second kappa shape index (κ2) is 4.19. The summed E-state index contributed by atoms with van der Waals surface area (Å²) in [6.45, 7) is 3.49. The monoisotopic (exact) mass is 195 g/mol. The molecule has 0 heterocycles. The molecule has 4 heteroatoms. The molecule has 0 saturated carbocycles. The van der Waals surface area contributed by atoms with Gasteiger partial charge in [0.2, 0.25) is 0 Å². The van der Waals surface area contributed by atoms with E-state index in [-0.39, 0.29) is 5.69 Å². The Labute approximate surface area is 82.3 Å². The SMILES string of the molecule is Cc1ccc([N+](=O)[O-])c(CC(C)O)c1. The summed E-state index contributed by atoms with van der Waals surface area (Å²) in [6, 6.07) is 4.92. The number of aliphatic hydroxyl groups is 1. The first-order valence-corrected chi connectivity index (χ1v) is 4.42. The van der Waals surface area contributed by atoms with Crippen molar-refractivity contribution in [2.45, 2.75) is 26.4 Å². The summed E-state index contributed by atoms with van der Waals surface area (Å²) < 4.78 is 0. The Morgan fingerprint density at radius 2 is 2.21 bits per heavy atom. The minimum Gasteiger partial charge on any atom is -0.393 e. The molecule has 0 saturated heterocycles. The van der Waals surface area contributed by atoms with Crippen LogP contribution in [0.4, 0.5) is 5.69 Å². The number of hydrogen-bond acceptors (Lipinski definition) is 3. The van der Waals surface area contributed by atoms with E-state index in [0.29, 0.717) is 12.0 Å². The predicted molar refractivity (Wildman–Crippen MR) is 53.2 cm³/mol. The molecule has 76 valence electrons. The maximum atomic E-state index is 10.6. The van der Waals surface area contributed by atoms with E-state index in [1.54, 1.807) is 19.1 Å². The van der Waals surface area contributed by atoms with Crippen LogP contribution in [0, 0.1) is 17.0 Å². The van der Waals surface area contributed by atoms with Crippen LogP contribution in [0.2, 0.25) is 0 Å². The van der Waals surface area contributed by atoms with Crippen LogP contribution in [0.5, 0.6) is 0 Å². The van der Waals surface area contributed by atoms with Crippen LogP contribution in [0.3, 0.4) is 0 Å². The Morgan fingerprint density at radius 1 is 1.57 bits per heavy atom. The Morgan fingerprint density at radius 3 is 2.71 bits per heavy atom. The second-order valence-corrected chi connectivity index (χ2v) is 3.44. The number of rotatable bonds is 3. The van der Waals surface area contributed by atoms with Gasteiger partial charge in [0.25, 0.3) is 5.69 Å². The molecule has 14 heavy (non-hydrogen) atoms. The number of aryl methyl sites for hydroxylation is 1. The van der Waals surface area contributed by atoms with Crippen molar-refractivity contribution in [1.29, 1.82) is 0 Å². The highest BCUT2D eigenvalue weighted by atomic mass is 16.6. The average molecular weight is 195 g/mol. The second-order valence-electron chi connectivity index (χ2n) is 3.44. The molecule has 0 aliphatic rings. The molecule has 0 amide bonds. The molecule has 1 unspecified atom stereocenters. The van der Waals surface area contributed by atoms with Gasteiger partial charge < -0.3 is 5.11 Å². The van der Waals surface area contributed by atoms with Crippen molar-refractivity contribution < 1.29 is 10.0 Å². The Bertz CT molecular complexity index is 347. The highest BCUT2D eigenvalue weighted by Crippen LogP contribution is 2.21. The molecule has 0 radical (unpaired) electrons. The van der Waals surface area contributed by atoms with Crippen LogP contribution in [-0.4, -0.2) is 16.1 Å². The molecule has 0 aromatic heterocycles. The topological polar surface area (TPSA) is 63.4 Å². The maximum absolute atomic E-state index is 10.6. The summed E-state index contributed by atoms with van der Waals surface area (Å²) in [4.78, 5) is 10.2. The van der Waals surface area contributed by atoms with Gasteiger partial charge in [0, 0.05) is 18.1 Å². The van der Waals surface area contributed by atoms with Crippen molar-refractivity contribution in [3.05, 3.63) is 39.4 Å². The highest BCUT2D eigenvalue weighted by molar-refractivity contribution is 5.42. The van der Waals surface area contributed by atoms with Crippen molar-refractivity contribution in [1.82, 2.24) is 0 Å². The number of benzene rings is 1. The lowest BCUT2D eigenvalue weighted by atomic mass is 10.0. The van der Waals surface area contributed by atoms with E-state index in [9.17, 15) is 15.2 Å². The van der Waals surface area contributed by atoms with Crippen LogP contribution < -0.4 is 0 Å². The predicted octanol–water partition coefficient (Wildman–Crippen LogP) is 1.83. The number of nitro groups is 1. The van der Waals surface area contributed by atoms with Crippen LogP contribution in [0.15, 0.2) is 18.2 Å². The lowest BCUT2D eigenvalue weighted by Gasteiger charge is -2.05. The molecule has 0 aliphatic heterocycles. The van der Waals surface area contributed by atoms with Crippen molar-refractivity contribution in [2.24, 2.45) is 0 Å². The fourth-order valence-electron chi connectivity index (χ4n) is 1.37. The Hall–Kier alpha value is -1.42. The van der Waals surface area contributed by atoms with Gasteiger partial charge in [-0.25, -0.2) is 0 Å². The molecule has 0 bridgehead atoms.